The summed E-state index contributed by atoms with van der Waals surface area (Å²) in [6.45, 7) is 1.58. The molecule has 6 heteroatoms. The van der Waals surface area contributed by atoms with Crippen LogP contribution in [0.25, 0.3) is 0 Å². The number of nitro groups is 1. The van der Waals surface area contributed by atoms with E-state index in [-0.39, 0.29) is 5.69 Å². The molecule has 0 fully saturated rings. The fraction of sp³-hybridized carbons (Fsp3) is 0.125. The van der Waals surface area contributed by atoms with Gasteiger partial charge < -0.3 is 10.8 Å². The number of nitrogens with zero attached hydrogens (tertiary/aromatic N) is 1. The molecule has 0 aliphatic rings. The molecule has 0 bridgehead atoms. The third-order valence-electron chi connectivity index (χ3n) is 1.81. The molecule has 0 atom stereocenters. The Labute approximate surface area is 79.1 Å². The summed E-state index contributed by atoms with van der Waals surface area (Å²) < 4.78 is 0. The van der Waals surface area contributed by atoms with Gasteiger partial charge in [-0.05, 0) is 18.6 Å². The SMILES string of the molecule is Cc1cc([N+](=O)[O-])c(C(=O)O)cc1N. The first-order valence-corrected chi connectivity index (χ1v) is 3.71. The molecule has 1 aromatic carbocycles. The van der Waals surface area contributed by atoms with E-state index in [1.54, 1.807) is 6.92 Å². The van der Waals surface area contributed by atoms with E-state index in [4.69, 9.17) is 10.8 Å². The van der Waals surface area contributed by atoms with Gasteiger partial charge in [0.25, 0.3) is 5.69 Å². The molecule has 0 aliphatic heterocycles. The number of benzene rings is 1. The van der Waals surface area contributed by atoms with Gasteiger partial charge in [0.15, 0.2) is 0 Å². The fourth-order valence-corrected chi connectivity index (χ4v) is 1.03. The minimum Gasteiger partial charge on any atom is -0.477 e. The Bertz CT molecular complexity index is 375. The van der Waals surface area contributed by atoms with Gasteiger partial charge in [0.2, 0.25) is 0 Å². The molecule has 0 saturated heterocycles. The number of anilines is 1. The van der Waals surface area contributed by atoms with Gasteiger partial charge in [-0.3, -0.25) is 10.1 Å². The van der Waals surface area contributed by atoms with Gasteiger partial charge in [-0.25, -0.2) is 4.79 Å². The molecule has 0 saturated carbocycles. The molecule has 0 aliphatic carbocycles. The van der Waals surface area contributed by atoms with E-state index >= 15 is 0 Å². The Kier molecular flexibility index (Phi) is 2.37. The smallest absolute Gasteiger partial charge is 0.342 e. The Morgan fingerprint density at radius 2 is 2.14 bits per heavy atom. The summed E-state index contributed by atoms with van der Waals surface area (Å²) in [5.74, 6) is -1.36. The largest absolute Gasteiger partial charge is 0.477 e. The van der Waals surface area contributed by atoms with Crippen molar-refractivity contribution in [2.45, 2.75) is 6.92 Å². The van der Waals surface area contributed by atoms with E-state index < -0.39 is 22.1 Å². The number of rotatable bonds is 2. The lowest BCUT2D eigenvalue weighted by Crippen LogP contribution is -2.05. The van der Waals surface area contributed by atoms with Crippen molar-refractivity contribution >= 4 is 17.3 Å². The Morgan fingerprint density at radius 3 is 2.57 bits per heavy atom. The van der Waals surface area contributed by atoms with Gasteiger partial charge in [-0.1, -0.05) is 0 Å². The lowest BCUT2D eigenvalue weighted by molar-refractivity contribution is -0.385. The van der Waals surface area contributed by atoms with Gasteiger partial charge in [-0.15, -0.1) is 0 Å². The van der Waals surface area contributed by atoms with Crippen molar-refractivity contribution in [1.29, 1.82) is 0 Å². The summed E-state index contributed by atoms with van der Waals surface area (Å²) in [7, 11) is 0. The van der Waals surface area contributed by atoms with E-state index in [0.717, 1.165) is 12.1 Å². The number of nitrogen functional groups attached to an aromatic ring is 1. The van der Waals surface area contributed by atoms with Crippen LogP contribution in [0.3, 0.4) is 0 Å². The fourth-order valence-electron chi connectivity index (χ4n) is 1.03. The van der Waals surface area contributed by atoms with Crippen molar-refractivity contribution in [3.05, 3.63) is 33.4 Å². The van der Waals surface area contributed by atoms with Gasteiger partial charge in [-0.2, -0.15) is 0 Å². The maximum absolute atomic E-state index is 10.6. The predicted molar refractivity (Wildman–Crippen MR) is 49.2 cm³/mol. The van der Waals surface area contributed by atoms with E-state index in [1.807, 2.05) is 0 Å². The standard InChI is InChI=1S/C8H8N2O4/c1-4-2-7(10(13)14)5(8(11)12)3-6(4)9/h2-3H,9H2,1H3,(H,11,12). The summed E-state index contributed by atoms with van der Waals surface area (Å²) in [4.78, 5) is 20.4. The molecule has 14 heavy (non-hydrogen) atoms. The predicted octanol–water partition coefficient (Wildman–Crippen LogP) is 1.18. The van der Waals surface area contributed by atoms with Gasteiger partial charge in [0, 0.05) is 11.8 Å². The van der Waals surface area contributed by atoms with Crippen LogP contribution in [0.15, 0.2) is 12.1 Å². The second-order valence-corrected chi connectivity index (χ2v) is 2.79. The van der Waals surface area contributed by atoms with Crippen LogP contribution in [0, 0.1) is 17.0 Å². The number of aryl methyl sites for hydroxylation is 1. The maximum atomic E-state index is 10.6. The molecule has 0 heterocycles. The first kappa shape index (κ1) is 9.97. The average Bonchev–Trinajstić information content (AvgIpc) is 2.08. The third-order valence-corrected chi connectivity index (χ3v) is 1.81. The summed E-state index contributed by atoms with van der Waals surface area (Å²) in [5.41, 5.74) is 5.33. The number of carbonyl (C=O) groups is 1. The van der Waals surface area contributed by atoms with E-state index in [1.165, 1.54) is 0 Å². The number of carboxylic acids is 1. The van der Waals surface area contributed by atoms with Crippen molar-refractivity contribution < 1.29 is 14.8 Å². The van der Waals surface area contributed by atoms with Gasteiger partial charge in [0.05, 0.1) is 4.92 Å². The Hall–Kier alpha value is -2.11. The highest BCUT2D eigenvalue weighted by Crippen LogP contribution is 2.24. The summed E-state index contributed by atoms with van der Waals surface area (Å²) in [5, 5.41) is 19.2. The number of aromatic carboxylic acids is 1. The summed E-state index contributed by atoms with van der Waals surface area (Å²) >= 11 is 0. The Morgan fingerprint density at radius 1 is 1.57 bits per heavy atom. The van der Waals surface area contributed by atoms with Crippen molar-refractivity contribution in [1.82, 2.24) is 0 Å². The van der Waals surface area contributed by atoms with E-state index in [9.17, 15) is 14.9 Å². The number of hydrogen-bond donors (Lipinski definition) is 2. The molecular formula is C8H8N2O4. The van der Waals surface area contributed by atoms with Crippen LogP contribution in [0.5, 0.6) is 0 Å². The Balaban J connectivity index is 3.46. The highest BCUT2D eigenvalue weighted by molar-refractivity contribution is 5.93. The summed E-state index contributed by atoms with van der Waals surface area (Å²) in [6.07, 6.45) is 0. The van der Waals surface area contributed by atoms with Crippen LogP contribution in [-0.2, 0) is 0 Å². The molecule has 0 aromatic heterocycles. The van der Waals surface area contributed by atoms with E-state index in [2.05, 4.69) is 0 Å². The minimum atomic E-state index is -1.36. The topological polar surface area (TPSA) is 106 Å². The molecule has 0 unspecified atom stereocenters. The molecule has 3 N–H and O–H groups in total. The van der Waals surface area contributed by atoms with Crippen molar-refractivity contribution in [3.63, 3.8) is 0 Å². The highest BCUT2D eigenvalue weighted by Gasteiger charge is 2.20. The second-order valence-electron chi connectivity index (χ2n) is 2.79. The molecule has 6 nitrogen and oxygen atoms in total. The van der Waals surface area contributed by atoms with Gasteiger partial charge in [0.1, 0.15) is 5.56 Å². The molecule has 74 valence electrons. The molecule has 1 aromatic rings. The third kappa shape index (κ3) is 1.63. The van der Waals surface area contributed by atoms with Crippen molar-refractivity contribution in [2.24, 2.45) is 0 Å². The lowest BCUT2D eigenvalue weighted by Gasteiger charge is -2.02. The van der Waals surface area contributed by atoms with E-state index in [0.29, 0.717) is 5.56 Å². The second kappa shape index (κ2) is 3.33. The number of nitro benzene ring substituents is 1. The van der Waals surface area contributed by atoms with Crippen LogP contribution >= 0.6 is 0 Å². The zero-order chi connectivity index (χ0) is 10.9. The zero-order valence-corrected chi connectivity index (χ0v) is 7.35. The van der Waals surface area contributed by atoms with Crippen LogP contribution in [0.4, 0.5) is 11.4 Å². The maximum Gasteiger partial charge on any atom is 0.342 e. The van der Waals surface area contributed by atoms with Crippen LogP contribution in [0.2, 0.25) is 0 Å². The number of nitrogens with two attached hydrogens (primary N) is 1. The number of carboxylic acid groups (broad SMARTS) is 1. The highest BCUT2D eigenvalue weighted by atomic mass is 16.6. The van der Waals surface area contributed by atoms with Crippen molar-refractivity contribution in [2.75, 3.05) is 5.73 Å². The monoisotopic (exact) mass is 196 g/mol. The molecule has 0 spiro atoms. The first-order chi connectivity index (χ1) is 6.43. The molecule has 0 amide bonds. The minimum absolute atomic E-state index is 0.230. The average molecular weight is 196 g/mol. The summed E-state index contributed by atoms with van der Waals surface area (Å²) in [6, 6.07) is 2.24. The molecule has 0 radical (unpaired) electrons. The lowest BCUT2D eigenvalue weighted by atomic mass is 10.1. The zero-order valence-electron chi connectivity index (χ0n) is 7.35. The number of hydrogen-bond acceptors (Lipinski definition) is 4. The normalized spacial score (nSPS) is 9.79. The van der Waals surface area contributed by atoms with Crippen LogP contribution in [0.1, 0.15) is 15.9 Å². The first-order valence-electron chi connectivity index (χ1n) is 3.71. The van der Waals surface area contributed by atoms with Crippen LogP contribution in [-0.4, -0.2) is 16.0 Å². The van der Waals surface area contributed by atoms with Gasteiger partial charge >= 0.3 is 5.97 Å². The quantitative estimate of drug-likeness (QED) is 0.419. The van der Waals surface area contributed by atoms with Crippen molar-refractivity contribution in [3.8, 4) is 0 Å². The molecular weight excluding hydrogens is 188 g/mol. The molecule has 1 rings (SSSR count). The van der Waals surface area contributed by atoms with Crippen LogP contribution < -0.4 is 5.73 Å².